The average molecular weight is 282 g/mol. The van der Waals surface area contributed by atoms with Crippen LogP contribution < -0.4 is 5.73 Å². The van der Waals surface area contributed by atoms with E-state index in [2.05, 4.69) is 29.2 Å². The van der Waals surface area contributed by atoms with E-state index < -0.39 is 0 Å². The SMILES string of the molecule is Cc1ccccc1Cc1noc([C@@H](N)C(C)C)n1.Cl. The molecule has 5 heteroatoms. The van der Waals surface area contributed by atoms with Gasteiger partial charge in [-0.2, -0.15) is 4.98 Å². The molecular formula is C14H20ClN3O. The van der Waals surface area contributed by atoms with Gasteiger partial charge in [-0.15, -0.1) is 12.4 Å². The van der Waals surface area contributed by atoms with Crippen LogP contribution in [0.5, 0.6) is 0 Å². The average Bonchev–Trinajstić information content (AvgIpc) is 2.79. The summed E-state index contributed by atoms with van der Waals surface area (Å²) in [4.78, 5) is 4.37. The third-order valence-electron chi connectivity index (χ3n) is 3.10. The second kappa shape index (κ2) is 6.68. The van der Waals surface area contributed by atoms with E-state index in [1.54, 1.807) is 0 Å². The van der Waals surface area contributed by atoms with E-state index in [1.807, 2.05) is 26.0 Å². The first-order chi connectivity index (χ1) is 8.58. The lowest BCUT2D eigenvalue weighted by Crippen LogP contribution is -2.17. The molecule has 0 saturated carbocycles. The summed E-state index contributed by atoms with van der Waals surface area (Å²) in [5.74, 6) is 1.50. The lowest BCUT2D eigenvalue weighted by atomic mass is 10.1. The van der Waals surface area contributed by atoms with E-state index in [9.17, 15) is 0 Å². The molecule has 2 aromatic rings. The van der Waals surface area contributed by atoms with Crippen LogP contribution in [-0.4, -0.2) is 10.1 Å². The molecule has 19 heavy (non-hydrogen) atoms. The number of hydrogen-bond donors (Lipinski definition) is 1. The molecule has 1 atom stereocenters. The monoisotopic (exact) mass is 281 g/mol. The van der Waals surface area contributed by atoms with Crippen molar-refractivity contribution in [1.29, 1.82) is 0 Å². The van der Waals surface area contributed by atoms with Gasteiger partial charge in [0.05, 0.1) is 6.04 Å². The minimum atomic E-state index is -0.192. The van der Waals surface area contributed by atoms with Crippen molar-refractivity contribution in [3.63, 3.8) is 0 Å². The molecule has 0 aliphatic carbocycles. The topological polar surface area (TPSA) is 64.9 Å². The molecule has 1 aromatic carbocycles. The Morgan fingerprint density at radius 3 is 2.58 bits per heavy atom. The summed E-state index contributed by atoms with van der Waals surface area (Å²) in [6.45, 7) is 6.15. The van der Waals surface area contributed by atoms with Gasteiger partial charge in [-0.25, -0.2) is 0 Å². The minimum absolute atomic E-state index is 0. The molecule has 2 rings (SSSR count). The first-order valence-corrected chi connectivity index (χ1v) is 6.20. The van der Waals surface area contributed by atoms with Gasteiger partial charge < -0.3 is 10.3 Å². The minimum Gasteiger partial charge on any atom is -0.338 e. The van der Waals surface area contributed by atoms with Crippen LogP contribution in [0.3, 0.4) is 0 Å². The van der Waals surface area contributed by atoms with E-state index in [4.69, 9.17) is 10.3 Å². The Morgan fingerprint density at radius 2 is 1.95 bits per heavy atom. The summed E-state index contributed by atoms with van der Waals surface area (Å²) in [6.07, 6.45) is 0.682. The summed E-state index contributed by atoms with van der Waals surface area (Å²) in [5.41, 5.74) is 8.42. The first kappa shape index (κ1) is 15.7. The smallest absolute Gasteiger partial charge is 0.243 e. The van der Waals surface area contributed by atoms with E-state index in [-0.39, 0.29) is 24.4 Å². The maximum Gasteiger partial charge on any atom is 0.243 e. The Balaban J connectivity index is 0.00000180. The Hall–Kier alpha value is -1.39. The highest BCUT2D eigenvalue weighted by Crippen LogP contribution is 2.18. The van der Waals surface area contributed by atoms with Crippen molar-refractivity contribution in [2.24, 2.45) is 11.7 Å². The van der Waals surface area contributed by atoms with Gasteiger partial charge in [0.15, 0.2) is 5.82 Å². The molecule has 0 saturated heterocycles. The van der Waals surface area contributed by atoms with E-state index in [0.29, 0.717) is 18.1 Å². The van der Waals surface area contributed by atoms with Crippen LogP contribution in [0.1, 0.15) is 42.7 Å². The zero-order valence-electron chi connectivity index (χ0n) is 11.5. The molecule has 4 nitrogen and oxygen atoms in total. The lowest BCUT2D eigenvalue weighted by molar-refractivity contribution is 0.322. The van der Waals surface area contributed by atoms with Gasteiger partial charge in [0, 0.05) is 6.42 Å². The van der Waals surface area contributed by atoms with E-state index in [1.165, 1.54) is 11.1 Å². The van der Waals surface area contributed by atoms with Crippen molar-refractivity contribution in [2.45, 2.75) is 33.2 Å². The van der Waals surface area contributed by atoms with Gasteiger partial charge in [-0.1, -0.05) is 43.3 Å². The molecule has 0 unspecified atom stereocenters. The summed E-state index contributed by atoms with van der Waals surface area (Å²) in [7, 11) is 0. The van der Waals surface area contributed by atoms with Gasteiger partial charge in [0.25, 0.3) is 0 Å². The number of halogens is 1. The zero-order valence-corrected chi connectivity index (χ0v) is 12.3. The molecular weight excluding hydrogens is 262 g/mol. The fourth-order valence-electron chi connectivity index (χ4n) is 1.74. The van der Waals surface area contributed by atoms with Crippen LogP contribution in [0.2, 0.25) is 0 Å². The number of nitrogens with two attached hydrogens (primary N) is 1. The largest absolute Gasteiger partial charge is 0.338 e. The lowest BCUT2D eigenvalue weighted by Gasteiger charge is -2.09. The molecule has 2 N–H and O–H groups in total. The van der Waals surface area contributed by atoms with Crippen LogP contribution in [0.25, 0.3) is 0 Å². The van der Waals surface area contributed by atoms with Crippen LogP contribution in [0.15, 0.2) is 28.8 Å². The fourth-order valence-corrected chi connectivity index (χ4v) is 1.74. The van der Waals surface area contributed by atoms with Crippen LogP contribution >= 0.6 is 12.4 Å². The Kier molecular flexibility index (Phi) is 5.51. The molecule has 0 spiro atoms. The molecule has 0 radical (unpaired) electrons. The third kappa shape index (κ3) is 3.78. The van der Waals surface area contributed by atoms with Gasteiger partial charge in [0.1, 0.15) is 0 Å². The summed E-state index contributed by atoms with van der Waals surface area (Å²) in [5, 5.41) is 3.99. The first-order valence-electron chi connectivity index (χ1n) is 6.20. The van der Waals surface area contributed by atoms with Crippen molar-refractivity contribution >= 4 is 12.4 Å². The maximum atomic E-state index is 5.98. The Morgan fingerprint density at radius 1 is 1.26 bits per heavy atom. The molecule has 0 amide bonds. The molecule has 104 valence electrons. The molecule has 0 aliphatic rings. The van der Waals surface area contributed by atoms with Gasteiger partial charge >= 0.3 is 0 Å². The molecule has 0 bridgehead atoms. The van der Waals surface area contributed by atoms with Gasteiger partial charge in [-0.3, -0.25) is 0 Å². The molecule has 0 aliphatic heterocycles. The predicted molar refractivity (Wildman–Crippen MR) is 77.3 cm³/mol. The number of aryl methyl sites for hydroxylation is 1. The van der Waals surface area contributed by atoms with Crippen molar-refractivity contribution in [3.8, 4) is 0 Å². The van der Waals surface area contributed by atoms with Crippen molar-refractivity contribution in [2.75, 3.05) is 0 Å². The highest BCUT2D eigenvalue weighted by atomic mass is 35.5. The number of hydrogen-bond acceptors (Lipinski definition) is 4. The normalized spacial score (nSPS) is 12.3. The Bertz CT molecular complexity index is 525. The van der Waals surface area contributed by atoms with E-state index >= 15 is 0 Å². The number of aromatic nitrogens is 2. The predicted octanol–water partition coefficient (Wildman–Crippen LogP) is 3.05. The number of benzene rings is 1. The molecule has 1 aromatic heterocycles. The second-order valence-corrected chi connectivity index (χ2v) is 4.92. The Labute approximate surface area is 119 Å². The van der Waals surface area contributed by atoms with Crippen LogP contribution in [0, 0.1) is 12.8 Å². The maximum absolute atomic E-state index is 5.98. The van der Waals surface area contributed by atoms with Crippen molar-refractivity contribution in [3.05, 3.63) is 47.1 Å². The number of rotatable bonds is 4. The molecule has 1 heterocycles. The van der Waals surface area contributed by atoms with Gasteiger partial charge in [-0.05, 0) is 24.0 Å². The fraction of sp³-hybridized carbons (Fsp3) is 0.429. The summed E-state index contributed by atoms with van der Waals surface area (Å²) in [6, 6.07) is 8.01. The van der Waals surface area contributed by atoms with Crippen LogP contribution in [-0.2, 0) is 6.42 Å². The second-order valence-electron chi connectivity index (χ2n) is 4.92. The zero-order chi connectivity index (χ0) is 13.1. The number of nitrogens with zero attached hydrogens (tertiary/aromatic N) is 2. The van der Waals surface area contributed by atoms with E-state index in [0.717, 1.165) is 0 Å². The summed E-state index contributed by atoms with van der Waals surface area (Å²) >= 11 is 0. The van der Waals surface area contributed by atoms with Gasteiger partial charge in [0.2, 0.25) is 5.89 Å². The summed E-state index contributed by atoms with van der Waals surface area (Å²) < 4.78 is 5.21. The third-order valence-corrected chi connectivity index (χ3v) is 3.10. The van der Waals surface area contributed by atoms with Crippen molar-refractivity contribution in [1.82, 2.24) is 10.1 Å². The molecule has 0 fully saturated rings. The standard InChI is InChI=1S/C14H19N3O.ClH/c1-9(2)13(15)14-16-12(17-18-14)8-11-7-5-4-6-10(11)3;/h4-7,9,13H,8,15H2,1-3H3;1H/t13-;/m0./s1. The quantitative estimate of drug-likeness (QED) is 0.935. The van der Waals surface area contributed by atoms with Crippen LogP contribution in [0.4, 0.5) is 0 Å². The highest BCUT2D eigenvalue weighted by Gasteiger charge is 2.18. The highest BCUT2D eigenvalue weighted by molar-refractivity contribution is 5.85. The van der Waals surface area contributed by atoms with Crippen molar-refractivity contribution < 1.29 is 4.52 Å².